The van der Waals surface area contributed by atoms with Gasteiger partial charge in [-0.05, 0) is 30.4 Å². The Labute approximate surface area is 340 Å². The van der Waals surface area contributed by atoms with Gasteiger partial charge < -0.3 is 24.3 Å². The minimum absolute atomic E-state index is 0.0387. The second kappa shape index (κ2) is 35.0. The van der Waals surface area contributed by atoms with Gasteiger partial charge >= 0.3 is 11.9 Å². The summed E-state index contributed by atoms with van der Waals surface area (Å²) >= 11 is 0. The molecule has 0 aliphatic carbocycles. The Balaban J connectivity index is 1.82. The highest BCUT2D eigenvalue weighted by atomic mass is 16.6. The minimum Gasteiger partial charge on any atom is -0.460 e. The summed E-state index contributed by atoms with van der Waals surface area (Å²) in [5.74, 6) is -1.36. The summed E-state index contributed by atoms with van der Waals surface area (Å²) < 4.78 is 22.7. The molecular weight excluding hydrogens is 703 g/mol. The first kappa shape index (κ1) is 48.9. The lowest BCUT2D eigenvalue weighted by Gasteiger charge is -2.21. The van der Waals surface area contributed by atoms with Crippen molar-refractivity contribution >= 4 is 17.8 Å². The first-order valence-corrected chi connectivity index (χ1v) is 22.4. The Morgan fingerprint density at radius 3 is 1.59 bits per heavy atom. The number of hydrogen-bond acceptors (Lipinski definition) is 7. The van der Waals surface area contributed by atoms with Crippen LogP contribution in [0.5, 0.6) is 0 Å². The van der Waals surface area contributed by atoms with Gasteiger partial charge in [-0.1, -0.05) is 197 Å². The number of esters is 2. The molecule has 0 saturated heterocycles. The third-order valence-electron chi connectivity index (χ3n) is 10.2. The van der Waals surface area contributed by atoms with Gasteiger partial charge in [-0.15, -0.1) is 0 Å². The highest BCUT2D eigenvalue weighted by Crippen LogP contribution is 2.17. The third-order valence-corrected chi connectivity index (χ3v) is 10.2. The lowest BCUT2D eigenvalue weighted by molar-refractivity contribution is -0.157. The van der Waals surface area contributed by atoms with Crippen molar-refractivity contribution in [3.8, 4) is 0 Å². The van der Waals surface area contributed by atoms with E-state index in [2.05, 4.69) is 19.2 Å². The van der Waals surface area contributed by atoms with Gasteiger partial charge in [0.15, 0.2) is 0 Å². The van der Waals surface area contributed by atoms with Gasteiger partial charge in [0.05, 0.1) is 19.6 Å². The van der Waals surface area contributed by atoms with Gasteiger partial charge in [0, 0.05) is 13.0 Å². The molecule has 0 heterocycles. The second-order valence-corrected chi connectivity index (χ2v) is 15.4. The second-order valence-electron chi connectivity index (χ2n) is 15.4. The van der Waals surface area contributed by atoms with Crippen LogP contribution >= 0.6 is 0 Å². The highest BCUT2D eigenvalue weighted by Gasteiger charge is 2.26. The van der Waals surface area contributed by atoms with Crippen molar-refractivity contribution in [1.29, 1.82) is 0 Å². The zero-order valence-electron chi connectivity index (χ0n) is 35.3. The number of amides is 1. The first-order chi connectivity index (χ1) is 27.5. The number of rotatable bonds is 37. The molecule has 2 atom stereocenters. The minimum atomic E-state index is -0.879. The predicted molar refractivity (Wildman–Crippen MR) is 227 cm³/mol. The maximum Gasteiger partial charge on any atom is 0.332 e. The fourth-order valence-corrected chi connectivity index (χ4v) is 6.86. The fourth-order valence-electron chi connectivity index (χ4n) is 6.86. The zero-order valence-corrected chi connectivity index (χ0v) is 35.3. The molecule has 0 aliphatic heterocycles. The van der Waals surface area contributed by atoms with Gasteiger partial charge in [0.2, 0.25) is 5.91 Å². The van der Waals surface area contributed by atoms with Crippen LogP contribution in [0.1, 0.15) is 173 Å². The van der Waals surface area contributed by atoms with E-state index in [9.17, 15) is 14.4 Å². The van der Waals surface area contributed by atoms with Crippen LogP contribution in [0.15, 0.2) is 60.7 Å². The van der Waals surface area contributed by atoms with Crippen LogP contribution < -0.4 is 5.32 Å². The fraction of sp³-hybridized carbons (Fsp3) is 0.688. The lowest BCUT2D eigenvalue weighted by atomic mass is 10.0. The Kier molecular flexibility index (Phi) is 30.6. The highest BCUT2D eigenvalue weighted by molar-refractivity contribution is 5.85. The number of carbonyl (C=O) groups is 3. The van der Waals surface area contributed by atoms with E-state index in [4.69, 9.17) is 18.9 Å². The van der Waals surface area contributed by atoms with Crippen molar-refractivity contribution in [1.82, 2.24) is 5.32 Å². The van der Waals surface area contributed by atoms with Crippen molar-refractivity contribution in [3.63, 3.8) is 0 Å². The number of benzene rings is 2. The number of carbonyl (C=O) groups excluding carboxylic acids is 3. The first-order valence-electron chi connectivity index (χ1n) is 22.4. The zero-order chi connectivity index (χ0) is 40.2. The van der Waals surface area contributed by atoms with Crippen LogP contribution in [-0.2, 0) is 46.4 Å². The van der Waals surface area contributed by atoms with Crippen LogP contribution in [0.25, 0.3) is 0 Å². The molecule has 0 radical (unpaired) electrons. The van der Waals surface area contributed by atoms with E-state index >= 15 is 0 Å². The van der Waals surface area contributed by atoms with Gasteiger partial charge in [0.25, 0.3) is 0 Å². The number of unbranched alkanes of at least 4 members (excludes halogenated alkanes) is 19. The molecule has 1 unspecified atom stereocenters. The van der Waals surface area contributed by atoms with Crippen molar-refractivity contribution in [2.75, 3.05) is 26.4 Å². The molecule has 2 aromatic carbocycles. The van der Waals surface area contributed by atoms with Crippen molar-refractivity contribution < 1.29 is 33.3 Å². The molecule has 2 aromatic rings. The molecule has 0 fully saturated rings. The van der Waals surface area contributed by atoms with E-state index in [0.29, 0.717) is 32.7 Å². The van der Waals surface area contributed by atoms with E-state index < -0.39 is 24.1 Å². The summed E-state index contributed by atoms with van der Waals surface area (Å²) in [6, 6.07) is 18.2. The molecule has 0 aliphatic rings. The number of ether oxygens (including phenoxy) is 4. The topological polar surface area (TPSA) is 100 Å². The molecule has 0 bridgehead atoms. The Hall–Kier alpha value is -3.23. The van der Waals surface area contributed by atoms with E-state index in [1.165, 1.54) is 109 Å². The summed E-state index contributed by atoms with van der Waals surface area (Å²) in [5.41, 5.74) is 1.77. The Morgan fingerprint density at radius 1 is 0.554 bits per heavy atom. The van der Waals surface area contributed by atoms with Crippen LogP contribution in [0.3, 0.4) is 0 Å². The van der Waals surface area contributed by atoms with Gasteiger partial charge in [0.1, 0.15) is 25.4 Å². The molecule has 1 N–H and O–H groups in total. The van der Waals surface area contributed by atoms with Gasteiger partial charge in [-0.2, -0.15) is 0 Å². The molecule has 1 amide bonds. The maximum atomic E-state index is 13.5. The normalized spacial score (nSPS) is 12.2. The largest absolute Gasteiger partial charge is 0.460 e. The SMILES string of the molecule is CCCCCCCCCCCCCCCC(CC(=O)N[C@@H](Cc1ccccc1)C(=O)OCc1ccccc1)OC(=O)COCCOCCCCCCCCCC. The van der Waals surface area contributed by atoms with E-state index in [1.54, 1.807) is 0 Å². The van der Waals surface area contributed by atoms with E-state index in [0.717, 1.165) is 36.8 Å². The lowest BCUT2D eigenvalue weighted by Crippen LogP contribution is -2.44. The van der Waals surface area contributed by atoms with Crippen LogP contribution in [0.2, 0.25) is 0 Å². The smallest absolute Gasteiger partial charge is 0.332 e. The molecule has 8 nitrogen and oxygen atoms in total. The molecule has 0 aromatic heterocycles. The van der Waals surface area contributed by atoms with Crippen molar-refractivity contribution in [2.45, 2.75) is 187 Å². The van der Waals surface area contributed by atoms with E-state index in [1.807, 2.05) is 60.7 Å². The molecular formula is C48H77NO7. The Morgan fingerprint density at radius 2 is 1.04 bits per heavy atom. The Bertz CT molecular complexity index is 1220. The average molecular weight is 780 g/mol. The third kappa shape index (κ3) is 27.4. The van der Waals surface area contributed by atoms with Crippen molar-refractivity contribution in [3.05, 3.63) is 71.8 Å². The van der Waals surface area contributed by atoms with Crippen LogP contribution in [0.4, 0.5) is 0 Å². The monoisotopic (exact) mass is 780 g/mol. The molecule has 0 spiro atoms. The quantitative estimate of drug-likeness (QED) is 0.0538. The molecule has 2 rings (SSSR count). The van der Waals surface area contributed by atoms with E-state index in [-0.39, 0.29) is 25.5 Å². The number of nitrogens with one attached hydrogen (secondary N) is 1. The summed E-state index contributed by atoms with van der Waals surface area (Å²) in [4.78, 5) is 39.6. The molecule has 8 heteroatoms. The summed E-state index contributed by atoms with van der Waals surface area (Å²) in [5, 5.41) is 2.90. The molecule has 316 valence electrons. The van der Waals surface area contributed by atoms with Crippen molar-refractivity contribution in [2.24, 2.45) is 0 Å². The van der Waals surface area contributed by atoms with Crippen LogP contribution in [0, 0.1) is 0 Å². The van der Waals surface area contributed by atoms with Gasteiger partial charge in [-0.25, -0.2) is 9.59 Å². The standard InChI is InChI=1S/C48H77NO7/c1-3-5-7-9-11-13-14-15-16-17-18-20-28-34-44(56-47(51)41-54-37-36-53-35-29-21-19-12-10-8-6-4-2)39-46(50)49-45(38-42-30-24-22-25-31-42)48(52)55-40-43-32-26-23-27-33-43/h22-27,30-33,44-45H,3-21,28-29,34-41H2,1-2H3,(H,49,50)/t44?,45-/m0/s1. The van der Waals surface area contributed by atoms with Gasteiger partial charge in [-0.3, -0.25) is 4.79 Å². The average Bonchev–Trinajstić information content (AvgIpc) is 3.21. The summed E-state index contributed by atoms with van der Waals surface area (Å²) in [7, 11) is 0. The van der Waals surface area contributed by atoms with Crippen LogP contribution in [-0.4, -0.2) is 56.4 Å². The molecule has 56 heavy (non-hydrogen) atoms. The predicted octanol–water partition coefficient (Wildman–Crippen LogP) is 11.4. The summed E-state index contributed by atoms with van der Waals surface area (Å²) in [6.07, 6.45) is 26.3. The number of hydrogen-bond donors (Lipinski definition) is 1. The molecule has 0 saturated carbocycles. The maximum absolute atomic E-state index is 13.5. The summed E-state index contributed by atoms with van der Waals surface area (Å²) in [6.45, 7) is 5.85.